The Labute approximate surface area is 85.3 Å². The monoisotopic (exact) mass is 203 g/mol. The van der Waals surface area contributed by atoms with Crippen LogP contribution in [0, 0.1) is 5.41 Å². The molecule has 1 heterocycles. The van der Waals surface area contributed by atoms with Crippen molar-refractivity contribution >= 4 is 0 Å². The maximum Gasteiger partial charge on any atom is 0.0518 e. The van der Waals surface area contributed by atoms with Gasteiger partial charge in [0.1, 0.15) is 0 Å². The first-order valence-electron chi connectivity index (χ1n) is 5.23. The average Bonchev–Trinajstić information content (AvgIpc) is 2.27. The van der Waals surface area contributed by atoms with Crippen LogP contribution in [-0.2, 0) is 4.74 Å². The second-order valence-electron chi connectivity index (χ2n) is 4.39. The van der Waals surface area contributed by atoms with Gasteiger partial charge in [-0.2, -0.15) is 0 Å². The third-order valence-electron chi connectivity index (χ3n) is 2.80. The Morgan fingerprint density at radius 3 is 2.36 bits per heavy atom. The molecule has 3 N–H and O–H groups in total. The quantitative estimate of drug-likeness (QED) is 0.576. The van der Waals surface area contributed by atoms with Crippen molar-refractivity contribution in [1.29, 1.82) is 0 Å². The van der Waals surface area contributed by atoms with Crippen LogP contribution in [0.25, 0.3) is 0 Å². The number of hydrogen-bond donors (Lipinski definition) is 3. The summed E-state index contributed by atoms with van der Waals surface area (Å²) in [6, 6.07) is 0.473. The minimum atomic E-state index is -0.404. The molecule has 0 aromatic heterocycles. The number of ether oxygens (including phenoxy) is 1. The van der Waals surface area contributed by atoms with Crippen LogP contribution in [0.1, 0.15) is 19.8 Å². The van der Waals surface area contributed by atoms with Crippen LogP contribution in [-0.4, -0.2) is 49.2 Å². The lowest BCUT2D eigenvalue weighted by Gasteiger charge is -2.30. The first-order valence-corrected chi connectivity index (χ1v) is 5.23. The topological polar surface area (TPSA) is 61.7 Å². The maximum absolute atomic E-state index is 9.09. The van der Waals surface area contributed by atoms with Crippen LogP contribution in [0.2, 0.25) is 0 Å². The van der Waals surface area contributed by atoms with E-state index in [0.29, 0.717) is 12.6 Å². The van der Waals surface area contributed by atoms with Crippen LogP contribution in [0.15, 0.2) is 0 Å². The van der Waals surface area contributed by atoms with Gasteiger partial charge in [0.2, 0.25) is 0 Å². The summed E-state index contributed by atoms with van der Waals surface area (Å²) in [6.45, 7) is 4.18. The lowest BCUT2D eigenvalue weighted by Crippen LogP contribution is -2.44. The van der Waals surface area contributed by atoms with E-state index in [1.807, 2.05) is 6.92 Å². The zero-order chi connectivity index (χ0) is 10.4. The summed E-state index contributed by atoms with van der Waals surface area (Å²) in [4.78, 5) is 0. The molecule has 0 aromatic carbocycles. The first-order chi connectivity index (χ1) is 6.70. The van der Waals surface area contributed by atoms with Gasteiger partial charge in [-0.25, -0.2) is 0 Å². The molecule has 0 bridgehead atoms. The molecule has 1 fully saturated rings. The molecule has 14 heavy (non-hydrogen) atoms. The van der Waals surface area contributed by atoms with Gasteiger partial charge in [-0.1, -0.05) is 6.92 Å². The highest BCUT2D eigenvalue weighted by Gasteiger charge is 2.24. The predicted molar refractivity (Wildman–Crippen MR) is 54.1 cm³/mol. The van der Waals surface area contributed by atoms with Gasteiger partial charge >= 0.3 is 0 Å². The Hall–Kier alpha value is -0.160. The van der Waals surface area contributed by atoms with Crippen LogP contribution in [0.4, 0.5) is 0 Å². The van der Waals surface area contributed by atoms with E-state index in [0.717, 1.165) is 26.1 Å². The van der Waals surface area contributed by atoms with Crippen molar-refractivity contribution in [3.8, 4) is 0 Å². The molecule has 0 aliphatic carbocycles. The van der Waals surface area contributed by atoms with Gasteiger partial charge in [0.25, 0.3) is 0 Å². The van der Waals surface area contributed by atoms with E-state index in [2.05, 4.69) is 5.32 Å². The minimum absolute atomic E-state index is 0.0136. The van der Waals surface area contributed by atoms with E-state index >= 15 is 0 Å². The SMILES string of the molecule is CC(CO)(CO)CNC1CCOCC1. The third kappa shape index (κ3) is 3.53. The zero-order valence-corrected chi connectivity index (χ0v) is 8.83. The fourth-order valence-corrected chi connectivity index (χ4v) is 1.45. The molecule has 1 rings (SSSR count). The Morgan fingerprint density at radius 2 is 1.86 bits per heavy atom. The maximum atomic E-state index is 9.09. The largest absolute Gasteiger partial charge is 0.396 e. The summed E-state index contributed by atoms with van der Waals surface area (Å²) < 4.78 is 5.25. The van der Waals surface area contributed by atoms with Crippen molar-refractivity contribution in [2.45, 2.75) is 25.8 Å². The van der Waals surface area contributed by atoms with Crippen molar-refractivity contribution in [3.63, 3.8) is 0 Å². The second kappa shape index (κ2) is 5.66. The number of aliphatic hydroxyl groups is 2. The van der Waals surface area contributed by atoms with Gasteiger partial charge in [0.15, 0.2) is 0 Å². The molecular weight excluding hydrogens is 182 g/mol. The van der Waals surface area contributed by atoms with Crippen LogP contribution in [0.5, 0.6) is 0 Å². The predicted octanol–water partition coefficient (Wildman–Crippen LogP) is -0.254. The number of hydrogen-bond acceptors (Lipinski definition) is 4. The van der Waals surface area contributed by atoms with Gasteiger partial charge in [-0.15, -0.1) is 0 Å². The van der Waals surface area contributed by atoms with E-state index in [-0.39, 0.29) is 13.2 Å². The molecule has 0 aromatic rings. The summed E-state index contributed by atoms with van der Waals surface area (Å²) in [5, 5.41) is 21.5. The molecule has 84 valence electrons. The van der Waals surface area contributed by atoms with Gasteiger partial charge in [-0.05, 0) is 12.8 Å². The lowest BCUT2D eigenvalue weighted by atomic mass is 9.92. The zero-order valence-electron chi connectivity index (χ0n) is 8.83. The van der Waals surface area contributed by atoms with Crippen LogP contribution < -0.4 is 5.32 Å². The fraction of sp³-hybridized carbons (Fsp3) is 1.00. The molecule has 0 saturated carbocycles. The molecule has 1 aliphatic heterocycles. The summed E-state index contributed by atoms with van der Waals surface area (Å²) in [7, 11) is 0. The highest BCUT2D eigenvalue weighted by molar-refractivity contribution is 4.79. The van der Waals surface area contributed by atoms with E-state index < -0.39 is 5.41 Å². The van der Waals surface area contributed by atoms with Crippen molar-refractivity contribution in [1.82, 2.24) is 5.32 Å². The Bertz CT molecular complexity index is 153. The smallest absolute Gasteiger partial charge is 0.0518 e. The average molecular weight is 203 g/mol. The lowest BCUT2D eigenvalue weighted by molar-refractivity contribution is 0.0500. The van der Waals surface area contributed by atoms with E-state index in [1.54, 1.807) is 0 Å². The third-order valence-corrected chi connectivity index (χ3v) is 2.80. The minimum Gasteiger partial charge on any atom is -0.396 e. The van der Waals surface area contributed by atoms with E-state index in [1.165, 1.54) is 0 Å². The molecule has 4 heteroatoms. The van der Waals surface area contributed by atoms with Crippen LogP contribution >= 0.6 is 0 Å². The molecular formula is C10H21NO3. The van der Waals surface area contributed by atoms with Gasteiger partial charge < -0.3 is 20.3 Å². The number of aliphatic hydroxyl groups excluding tert-OH is 2. The Morgan fingerprint density at radius 1 is 1.29 bits per heavy atom. The normalized spacial score (nSPS) is 19.9. The summed E-state index contributed by atoms with van der Waals surface area (Å²) in [6.07, 6.45) is 2.04. The summed E-state index contributed by atoms with van der Waals surface area (Å²) in [5.41, 5.74) is -0.404. The molecule has 0 amide bonds. The summed E-state index contributed by atoms with van der Waals surface area (Å²) in [5.74, 6) is 0. The Balaban J connectivity index is 2.23. The van der Waals surface area contributed by atoms with Crippen molar-refractivity contribution in [3.05, 3.63) is 0 Å². The molecule has 0 spiro atoms. The Kier molecular flexibility index (Phi) is 4.81. The molecule has 1 aliphatic rings. The number of nitrogens with one attached hydrogen (secondary N) is 1. The van der Waals surface area contributed by atoms with Crippen molar-refractivity contribution < 1.29 is 14.9 Å². The first kappa shape index (κ1) is 11.9. The molecule has 0 radical (unpaired) electrons. The van der Waals surface area contributed by atoms with Crippen molar-refractivity contribution in [2.75, 3.05) is 33.0 Å². The highest BCUT2D eigenvalue weighted by Crippen LogP contribution is 2.14. The van der Waals surface area contributed by atoms with E-state index in [4.69, 9.17) is 14.9 Å². The molecule has 0 atom stereocenters. The second-order valence-corrected chi connectivity index (χ2v) is 4.39. The fourth-order valence-electron chi connectivity index (χ4n) is 1.45. The van der Waals surface area contributed by atoms with E-state index in [9.17, 15) is 0 Å². The standard InChI is InChI=1S/C10H21NO3/c1-10(7-12,8-13)6-11-9-2-4-14-5-3-9/h9,11-13H,2-8H2,1H3. The van der Waals surface area contributed by atoms with Gasteiger partial charge in [0, 0.05) is 31.2 Å². The van der Waals surface area contributed by atoms with Gasteiger partial charge in [-0.3, -0.25) is 0 Å². The van der Waals surface area contributed by atoms with Gasteiger partial charge in [0.05, 0.1) is 13.2 Å². The highest BCUT2D eigenvalue weighted by atomic mass is 16.5. The molecule has 4 nitrogen and oxygen atoms in total. The molecule has 1 saturated heterocycles. The number of rotatable bonds is 5. The summed E-state index contributed by atoms with van der Waals surface area (Å²) >= 11 is 0. The van der Waals surface area contributed by atoms with Crippen molar-refractivity contribution in [2.24, 2.45) is 5.41 Å². The molecule has 0 unspecified atom stereocenters. The van der Waals surface area contributed by atoms with Crippen LogP contribution in [0.3, 0.4) is 0 Å².